The molecule has 0 aromatic heterocycles. The Morgan fingerprint density at radius 1 is 1.24 bits per heavy atom. The molecule has 1 amide bonds. The number of rotatable bonds is 10. The smallest absolute Gasteiger partial charge is 0.306 e. The zero-order chi connectivity index (χ0) is 27.3. The average molecular weight is 521 g/mol. The van der Waals surface area contributed by atoms with Crippen LogP contribution in [0.15, 0.2) is 66.2 Å². The highest BCUT2D eigenvalue weighted by molar-refractivity contribution is 6.01. The van der Waals surface area contributed by atoms with Crippen molar-refractivity contribution < 1.29 is 28.9 Å². The van der Waals surface area contributed by atoms with Crippen LogP contribution in [0, 0.1) is 0 Å². The van der Waals surface area contributed by atoms with Gasteiger partial charge in [0.15, 0.2) is 11.6 Å². The van der Waals surface area contributed by atoms with Gasteiger partial charge in [0, 0.05) is 43.7 Å². The number of carbonyl (C=O) groups is 2. The van der Waals surface area contributed by atoms with Crippen LogP contribution in [0.3, 0.4) is 0 Å². The van der Waals surface area contributed by atoms with Crippen LogP contribution >= 0.6 is 0 Å². The second-order valence-corrected chi connectivity index (χ2v) is 10.5. The van der Waals surface area contributed by atoms with Crippen LogP contribution in [-0.4, -0.2) is 58.7 Å². The second-order valence-electron chi connectivity index (χ2n) is 10.5. The lowest BCUT2D eigenvalue weighted by Gasteiger charge is -2.32. The van der Waals surface area contributed by atoms with Gasteiger partial charge in [-0.2, -0.15) is 0 Å². The zero-order valence-corrected chi connectivity index (χ0v) is 22.3. The number of hydrogen-bond acceptors (Lipinski definition) is 7. The molecule has 2 atom stereocenters. The molecule has 0 spiro atoms. The van der Waals surface area contributed by atoms with E-state index in [1.165, 1.54) is 0 Å². The molecule has 0 saturated heterocycles. The molecule has 0 fully saturated rings. The van der Waals surface area contributed by atoms with Crippen molar-refractivity contribution in [3.63, 3.8) is 0 Å². The average Bonchev–Trinajstić information content (AvgIpc) is 3.24. The summed E-state index contributed by atoms with van der Waals surface area (Å²) < 4.78 is 17.7. The highest BCUT2D eigenvalue weighted by atomic mass is 16.6. The molecule has 8 nitrogen and oxygen atoms in total. The van der Waals surface area contributed by atoms with E-state index in [0.717, 1.165) is 11.1 Å². The normalized spacial score (nSPS) is 20.5. The molecule has 8 heteroatoms. The third-order valence-corrected chi connectivity index (χ3v) is 6.47. The van der Waals surface area contributed by atoms with Crippen molar-refractivity contribution in [3.8, 4) is 5.75 Å². The number of ether oxygens (including phenoxy) is 3. The Bertz CT molecular complexity index is 1200. The lowest BCUT2D eigenvalue weighted by Crippen LogP contribution is -2.48. The maximum atomic E-state index is 14.2. The van der Waals surface area contributed by atoms with Crippen LogP contribution in [-0.2, 0) is 25.6 Å². The van der Waals surface area contributed by atoms with Crippen LogP contribution in [0.5, 0.6) is 5.75 Å². The number of hydrogen-bond donors (Lipinski definition) is 1. The minimum atomic E-state index is -1.34. The maximum Gasteiger partial charge on any atom is 0.306 e. The molecular formula is C30H36N2O6. The molecule has 2 aliphatic heterocycles. The Balaban J connectivity index is 1.73. The molecule has 202 valence electrons. The number of aliphatic imine (C=N–C) groups is 1. The van der Waals surface area contributed by atoms with Crippen molar-refractivity contribution in [2.24, 2.45) is 4.99 Å². The fraction of sp³-hybridized carbons (Fsp3) is 0.433. The van der Waals surface area contributed by atoms with E-state index in [9.17, 15) is 9.59 Å². The van der Waals surface area contributed by atoms with Crippen LogP contribution < -0.4 is 4.74 Å². The van der Waals surface area contributed by atoms with E-state index in [1.54, 1.807) is 23.1 Å². The van der Waals surface area contributed by atoms with E-state index in [0.29, 0.717) is 43.3 Å². The molecular weight excluding hydrogens is 484 g/mol. The number of amides is 1. The van der Waals surface area contributed by atoms with Gasteiger partial charge in [0.2, 0.25) is 5.90 Å². The Kier molecular flexibility index (Phi) is 8.21. The molecule has 2 aliphatic rings. The summed E-state index contributed by atoms with van der Waals surface area (Å²) in [5.41, 5.74) is 0.572. The van der Waals surface area contributed by atoms with Crippen molar-refractivity contribution in [1.29, 1.82) is 0 Å². The Morgan fingerprint density at radius 3 is 2.66 bits per heavy atom. The number of aliphatic hydroxyl groups is 1. The fourth-order valence-corrected chi connectivity index (χ4v) is 4.80. The van der Waals surface area contributed by atoms with Gasteiger partial charge in [-0.15, -0.1) is 6.58 Å². The van der Waals surface area contributed by atoms with E-state index >= 15 is 0 Å². The largest absolute Gasteiger partial charge is 0.494 e. The number of benzene rings is 2. The summed E-state index contributed by atoms with van der Waals surface area (Å²) in [6, 6.07) is 15.1. The summed E-state index contributed by atoms with van der Waals surface area (Å²) in [6.07, 6.45) is 1.69. The third kappa shape index (κ3) is 5.91. The predicted molar refractivity (Wildman–Crippen MR) is 144 cm³/mol. The van der Waals surface area contributed by atoms with Crippen LogP contribution in [0.1, 0.15) is 62.8 Å². The highest BCUT2D eigenvalue weighted by Gasteiger charge is 2.56. The summed E-state index contributed by atoms with van der Waals surface area (Å²) in [4.78, 5) is 33.6. The third-order valence-electron chi connectivity index (χ3n) is 6.47. The van der Waals surface area contributed by atoms with Crippen molar-refractivity contribution in [2.75, 3.05) is 19.8 Å². The van der Waals surface area contributed by atoms with Gasteiger partial charge >= 0.3 is 5.97 Å². The minimum absolute atomic E-state index is 0.0153. The lowest BCUT2D eigenvalue weighted by molar-refractivity contribution is -0.155. The first-order valence-corrected chi connectivity index (χ1v) is 13.0. The van der Waals surface area contributed by atoms with Crippen molar-refractivity contribution in [2.45, 2.75) is 63.8 Å². The van der Waals surface area contributed by atoms with Crippen LogP contribution in [0.4, 0.5) is 0 Å². The van der Waals surface area contributed by atoms with E-state index in [-0.39, 0.29) is 31.3 Å². The van der Waals surface area contributed by atoms with Gasteiger partial charge in [-0.05, 0) is 57.0 Å². The Labute approximate surface area is 223 Å². The summed E-state index contributed by atoms with van der Waals surface area (Å²) in [7, 11) is 0. The summed E-state index contributed by atoms with van der Waals surface area (Å²) in [5, 5.41) is 8.98. The maximum absolute atomic E-state index is 14.2. The number of aliphatic hydroxyl groups excluding tert-OH is 1. The van der Waals surface area contributed by atoms with Gasteiger partial charge in [-0.25, -0.2) is 4.99 Å². The van der Waals surface area contributed by atoms with Gasteiger partial charge in [0.1, 0.15) is 11.4 Å². The van der Waals surface area contributed by atoms with Crippen molar-refractivity contribution in [3.05, 3.63) is 77.9 Å². The topological polar surface area (TPSA) is 97.7 Å². The van der Waals surface area contributed by atoms with Gasteiger partial charge in [0.25, 0.3) is 5.91 Å². The van der Waals surface area contributed by atoms with Gasteiger partial charge < -0.3 is 24.2 Å². The minimum Gasteiger partial charge on any atom is -0.494 e. The van der Waals surface area contributed by atoms with Crippen LogP contribution in [0.2, 0.25) is 0 Å². The number of fused-ring (bicyclic) bond motifs is 3. The summed E-state index contributed by atoms with van der Waals surface area (Å²) in [6.45, 7) is 10.5. The fourth-order valence-electron chi connectivity index (χ4n) is 4.80. The van der Waals surface area contributed by atoms with Crippen molar-refractivity contribution in [1.82, 2.24) is 4.90 Å². The molecule has 2 aromatic rings. The molecule has 0 aliphatic carbocycles. The number of nitrogens with zero attached hydrogens (tertiary/aromatic N) is 2. The summed E-state index contributed by atoms with van der Waals surface area (Å²) in [5.74, 6) is 0.401. The molecule has 0 radical (unpaired) electrons. The number of esters is 1. The first kappa shape index (κ1) is 27.4. The monoisotopic (exact) mass is 520 g/mol. The first-order valence-electron chi connectivity index (χ1n) is 13.0. The summed E-state index contributed by atoms with van der Waals surface area (Å²) >= 11 is 0. The predicted octanol–water partition coefficient (Wildman–Crippen LogP) is 4.35. The van der Waals surface area contributed by atoms with E-state index in [2.05, 4.69) is 6.58 Å². The van der Waals surface area contributed by atoms with E-state index in [1.807, 2.05) is 57.2 Å². The van der Waals surface area contributed by atoms with Crippen molar-refractivity contribution >= 4 is 17.8 Å². The quantitative estimate of drug-likeness (QED) is 0.284. The molecule has 4 rings (SSSR count). The number of carbonyl (C=O) groups excluding carboxylic acids is 2. The van der Waals surface area contributed by atoms with Gasteiger partial charge in [0.05, 0.1) is 6.61 Å². The van der Waals surface area contributed by atoms with Gasteiger partial charge in [-0.1, -0.05) is 30.3 Å². The highest BCUT2D eigenvalue weighted by Crippen LogP contribution is 2.47. The van der Waals surface area contributed by atoms with Gasteiger partial charge in [-0.3, -0.25) is 9.59 Å². The standard InChI is InChI=1S/C30H36N2O6/c1-5-17-32-20-22-9-6-7-10-24(22)26-30(28(32)35,16-15-25(34)38-29(2,3)4)31-27(37-26)21-11-13-23(14-12-21)36-19-8-18-33/h5-7,9-14,26,33H,1,8,15-20H2,2-4H3/t26-,30-/m0/s1. The molecule has 38 heavy (non-hydrogen) atoms. The molecule has 0 bridgehead atoms. The molecule has 0 unspecified atom stereocenters. The van der Waals surface area contributed by atoms with Crippen LogP contribution in [0.25, 0.3) is 0 Å². The van der Waals surface area contributed by atoms with E-state index in [4.69, 9.17) is 24.3 Å². The zero-order valence-electron chi connectivity index (χ0n) is 22.3. The molecule has 2 heterocycles. The Morgan fingerprint density at radius 2 is 1.97 bits per heavy atom. The SMILES string of the molecule is C=CCN1Cc2ccccc2[C@@H]2OC(c3ccc(OCCCO)cc3)=N[C@]2(CCC(=O)OC(C)(C)C)C1=O. The first-order chi connectivity index (χ1) is 18.2. The second kappa shape index (κ2) is 11.4. The lowest BCUT2D eigenvalue weighted by atomic mass is 9.83. The molecule has 2 aromatic carbocycles. The Hall–Kier alpha value is -3.65. The molecule has 1 N–H and O–H groups in total. The molecule has 0 saturated carbocycles. The van der Waals surface area contributed by atoms with E-state index < -0.39 is 17.2 Å².